The second-order valence-corrected chi connectivity index (χ2v) is 7.83. The molecule has 0 radical (unpaired) electrons. The Morgan fingerprint density at radius 2 is 2.00 bits per heavy atom. The number of nitrogens with one attached hydrogen (secondary N) is 1. The largest absolute Gasteiger partial charge is 0.385 e. The summed E-state index contributed by atoms with van der Waals surface area (Å²) in [6.45, 7) is 6.95. The first-order valence-electron chi connectivity index (χ1n) is 10.6. The minimum absolute atomic E-state index is 0.105. The van der Waals surface area contributed by atoms with Crippen molar-refractivity contribution in [3.05, 3.63) is 35.6 Å². The van der Waals surface area contributed by atoms with Crippen LogP contribution in [-0.2, 0) is 14.9 Å². The van der Waals surface area contributed by atoms with Gasteiger partial charge in [0.1, 0.15) is 5.82 Å². The van der Waals surface area contributed by atoms with E-state index in [9.17, 15) is 4.39 Å². The van der Waals surface area contributed by atoms with Gasteiger partial charge in [-0.05, 0) is 50.7 Å². The summed E-state index contributed by atoms with van der Waals surface area (Å²) in [6, 6.07) is 7.15. The number of piperidine rings is 1. The predicted molar refractivity (Wildman–Crippen MR) is 110 cm³/mol. The number of guanidine groups is 1. The summed E-state index contributed by atoms with van der Waals surface area (Å²) in [6.07, 6.45) is 5.30. The van der Waals surface area contributed by atoms with E-state index in [0.29, 0.717) is 12.6 Å². The van der Waals surface area contributed by atoms with Gasteiger partial charge in [0, 0.05) is 45.4 Å². The van der Waals surface area contributed by atoms with Crippen molar-refractivity contribution in [2.75, 3.05) is 46.5 Å². The van der Waals surface area contributed by atoms with Gasteiger partial charge in [0.25, 0.3) is 0 Å². The van der Waals surface area contributed by atoms with Gasteiger partial charge >= 0.3 is 0 Å². The first-order chi connectivity index (χ1) is 13.7. The third-order valence-electron chi connectivity index (χ3n) is 5.75. The minimum Gasteiger partial charge on any atom is -0.385 e. The maximum absolute atomic E-state index is 14.2. The number of benzene rings is 1. The normalized spacial score (nSPS) is 19.7. The van der Waals surface area contributed by atoms with Crippen LogP contribution >= 0.6 is 0 Å². The molecule has 0 aromatic heterocycles. The standard InChI is InChI=1S/C22H34FN3O2/c1-3-24-21(26-13-9-18(10-14-26)28-16-6-15-27-2)25-17-22(11-12-22)19-7-4-5-8-20(19)23/h4-5,7-8,18H,3,6,9-17H2,1-2H3,(H,24,25). The minimum atomic E-state index is -0.116. The molecule has 5 nitrogen and oxygen atoms in total. The predicted octanol–water partition coefficient (Wildman–Crippen LogP) is 3.34. The van der Waals surface area contributed by atoms with Gasteiger partial charge in [0.2, 0.25) is 0 Å². The van der Waals surface area contributed by atoms with Crippen molar-refractivity contribution in [1.29, 1.82) is 0 Å². The SMILES string of the molecule is CCNC(=NCC1(c2ccccc2F)CC1)N1CCC(OCCCOC)CC1. The van der Waals surface area contributed by atoms with E-state index < -0.39 is 0 Å². The van der Waals surface area contributed by atoms with E-state index in [1.165, 1.54) is 0 Å². The van der Waals surface area contributed by atoms with Crippen LogP contribution in [0, 0.1) is 5.82 Å². The Kier molecular flexibility index (Phi) is 7.68. The molecule has 0 spiro atoms. The van der Waals surface area contributed by atoms with E-state index in [4.69, 9.17) is 14.5 Å². The van der Waals surface area contributed by atoms with Gasteiger partial charge in [-0.15, -0.1) is 0 Å². The third kappa shape index (κ3) is 5.45. The fraction of sp³-hybridized carbons (Fsp3) is 0.682. The Morgan fingerprint density at radius 1 is 1.25 bits per heavy atom. The van der Waals surface area contributed by atoms with Gasteiger partial charge in [0.15, 0.2) is 5.96 Å². The van der Waals surface area contributed by atoms with Crippen LogP contribution in [0.5, 0.6) is 0 Å². The summed E-state index contributed by atoms with van der Waals surface area (Å²) >= 11 is 0. The Bertz CT molecular complexity index is 640. The molecule has 2 fully saturated rings. The van der Waals surface area contributed by atoms with Gasteiger partial charge in [-0.25, -0.2) is 4.39 Å². The topological polar surface area (TPSA) is 46.1 Å². The number of aliphatic imine (C=N–C) groups is 1. The van der Waals surface area contributed by atoms with E-state index in [1.54, 1.807) is 19.2 Å². The molecule has 1 saturated carbocycles. The van der Waals surface area contributed by atoms with Gasteiger partial charge in [-0.1, -0.05) is 18.2 Å². The number of methoxy groups -OCH3 is 1. The molecule has 0 unspecified atom stereocenters. The summed E-state index contributed by atoms with van der Waals surface area (Å²) in [4.78, 5) is 7.22. The van der Waals surface area contributed by atoms with Crippen molar-refractivity contribution in [2.45, 2.75) is 50.5 Å². The lowest BCUT2D eigenvalue weighted by Crippen LogP contribution is -2.47. The van der Waals surface area contributed by atoms with Crippen molar-refractivity contribution < 1.29 is 13.9 Å². The molecule has 1 saturated heterocycles. The maximum atomic E-state index is 14.2. The van der Waals surface area contributed by atoms with Crippen LogP contribution in [0.4, 0.5) is 4.39 Å². The Morgan fingerprint density at radius 3 is 2.64 bits per heavy atom. The molecule has 0 atom stereocenters. The lowest BCUT2D eigenvalue weighted by atomic mass is 9.95. The number of hydrogen-bond acceptors (Lipinski definition) is 3. The zero-order valence-electron chi connectivity index (χ0n) is 17.3. The Hall–Kier alpha value is -1.66. The molecule has 3 rings (SSSR count). The average molecular weight is 392 g/mol. The first kappa shape index (κ1) is 21.1. The van der Waals surface area contributed by atoms with Crippen LogP contribution in [0.25, 0.3) is 0 Å². The lowest BCUT2D eigenvalue weighted by molar-refractivity contribution is 0.00990. The molecule has 1 aliphatic carbocycles. The summed E-state index contributed by atoms with van der Waals surface area (Å²) in [5.74, 6) is 0.842. The molecular formula is C22H34FN3O2. The van der Waals surface area contributed by atoms with Crippen LogP contribution in [0.15, 0.2) is 29.3 Å². The molecule has 156 valence electrons. The van der Waals surface area contributed by atoms with Crippen molar-refractivity contribution in [3.8, 4) is 0 Å². The highest BCUT2D eigenvalue weighted by Crippen LogP contribution is 2.49. The molecule has 1 N–H and O–H groups in total. The highest BCUT2D eigenvalue weighted by molar-refractivity contribution is 5.80. The van der Waals surface area contributed by atoms with Crippen LogP contribution < -0.4 is 5.32 Å². The molecular weight excluding hydrogens is 357 g/mol. The zero-order chi connectivity index (χ0) is 19.8. The van der Waals surface area contributed by atoms with Crippen molar-refractivity contribution >= 4 is 5.96 Å². The molecule has 28 heavy (non-hydrogen) atoms. The molecule has 1 heterocycles. The monoisotopic (exact) mass is 391 g/mol. The van der Waals surface area contributed by atoms with Gasteiger partial charge in [-0.3, -0.25) is 4.99 Å². The quantitative estimate of drug-likeness (QED) is 0.398. The van der Waals surface area contributed by atoms with Crippen molar-refractivity contribution in [3.63, 3.8) is 0 Å². The van der Waals surface area contributed by atoms with E-state index in [0.717, 1.165) is 76.5 Å². The molecule has 0 bridgehead atoms. The van der Waals surface area contributed by atoms with E-state index in [1.807, 2.05) is 12.1 Å². The average Bonchev–Trinajstić information content (AvgIpc) is 3.50. The van der Waals surface area contributed by atoms with Crippen LogP contribution in [-0.4, -0.2) is 63.5 Å². The maximum Gasteiger partial charge on any atom is 0.193 e. The van der Waals surface area contributed by atoms with Crippen molar-refractivity contribution in [2.24, 2.45) is 4.99 Å². The molecule has 1 aromatic rings. The highest BCUT2D eigenvalue weighted by atomic mass is 19.1. The highest BCUT2D eigenvalue weighted by Gasteiger charge is 2.46. The number of hydrogen-bond donors (Lipinski definition) is 1. The molecule has 6 heteroatoms. The fourth-order valence-corrected chi connectivity index (χ4v) is 3.89. The first-order valence-corrected chi connectivity index (χ1v) is 10.6. The van der Waals surface area contributed by atoms with E-state index in [2.05, 4.69) is 17.1 Å². The fourth-order valence-electron chi connectivity index (χ4n) is 3.89. The number of likely N-dealkylation sites (tertiary alicyclic amines) is 1. The zero-order valence-corrected chi connectivity index (χ0v) is 17.3. The molecule has 0 amide bonds. The number of halogens is 1. The molecule has 2 aliphatic rings. The van der Waals surface area contributed by atoms with Crippen LogP contribution in [0.1, 0.15) is 44.6 Å². The number of ether oxygens (including phenoxy) is 2. The Labute approximate surface area is 168 Å². The second-order valence-electron chi connectivity index (χ2n) is 7.83. The van der Waals surface area contributed by atoms with Gasteiger partial charge in [0.05, 0.1) is 12.6 Å². The second kappa shape index (κ2) is 10.2. The van der Waals surface area contributed by atoms with Gasteiger partial charge < -0.3 is 19.7 Å². The Balaban J connectivity index is 1.55. The number of rotatable bonds is 9. The lowest BCUT2D eigenvalue weighted by Gasteiger charge is -2.34. The molecule has 1 aromatic carbocycles. The van der Waals surface area contributed by atoms with E-state index >= 15 is 0 Å². The number of nitrogens with zero attached hydrogens (tertiary/aromatic N) is 2. The molecule has 1 aliphatic heterocycles. The summed E-state index contributed by atoms with van der Waals surface area (Å²) in [7, 11) is 1.72. The van der Waals surface area contributed by atoms with Gasteiger partial charge in [-0.2, -0.15) is 0 Å². The summed E-state index contributed by atoms with van der Waals surface area (Å²) in [5, 5.41) is 3.42. The van der Waals surface area contributed by atoms with Crippen LogP contribution in [0.2, 0.25) is 0 Å². The smallest absolute Gasteiger partial charge is 0.193 e. The summed E-state index contributed by atoms with van der Waals surface area (Å²) in [5.41, 5.74) is 0.701. The van der Waals surface area contributed by atoms with Crippen LogP contribution in [0.3, 0.4) is 0 Å². The van der Waals surface area contributed by atoms with Crippen molar-refractivity contribution in [1.82, 2.24) is 10.2 Å². The van der Waals surface area contributed by atoms with E-state index in [-0.39, 0.29) is 11.2 Å². The third-order valence-corrected chi connectivity index (χ3v) is 5.75. The summed E-state index contributed by atoms with van der Waals surface area (Å²) < 4.78 is 25.3.